The summed E-state index contributed by atoms with van der Waals surface area (Å²) in [6.07, 6.45) is 0.154. The average Bonchev–Trinajstić information content (AvgIpc) is 3.19. The molecule has 0 bridgehead atoms. The minimum absolute atomic E-state index is 0.0933. The highest BCUT2D eigenvalue weighted by molar-refractivity contribution is 6.30. The molecule has 3 amide bonds. The van der Waals surface area contributed by atoms with Crippen LogP contribution in [0, 0.1) is 5.92 Å². The molecule has 0 aliphatic carbocycles. The van der Waals surface area contributed by atoms with Crippen LogP contribution in [0.3, 0.4) is 0 Å². The van der Waals surface area contributed by atoms with Crippen molar-refractivity contribution in [1.82, 2.24) is 10.2 Å². The number of halogens is 1. The molecule has 1 atom stereocenters. The maximum atomic E-state index is 12.7. The Balaban J connectivity index is 1.52. The number of amides is 3. The molecule has 3 rings (SSSR count). The summed E-state index contributed by atoms with van der Waals surface area (Å²) in [6, 6.07) is 13.7. The number of hydrogen-bond donors (Lipinski definition) is 2. The van der Waals surface area contributed by atoms with Crippen LogP contribution in [0.4, 0.5) is 11.4 Å². The van der Waals surface area contributed by atoms with Crippen molar-refractivity contribution >= 4 is 40.7 Å². The minimum atomic E-state index is -0.443. The molecule has 2 aromatic carbocycles. The van der Waals surface area contributed by atoms with Crippen LogP contribution in [0.5, 0.6) is 0 Å². The maximum Gasteiger partial charge on any atom is 0.251 e. The summed E-state index contributed by atoms with van der Waals surface area (Å²) in [6.45, 7) is 7.79. The van der Waals surface area contributed by atoms with Gasteiger partial charge in [-0.3, -0.25) is 14.4 Å². The second kappa shape index (κ2) is 11.1. The van der Waals surface area contributed by atoms with E-state index in [4.69, 9.17) is 11.6 Å². The van der Waals surface area contributed by atoms with Gasteiger partial charge < -0.3 is 20.4 Å². The summed E-state index contributed by atoms with van der Waals surface area (Å²) in [5.74, 6) is -0.897. The summed E-state index contributed by atoms with van der Waals surface area (Å²) >= 11 is 5.91. The van der Waals surface area contributed by atoms with Crippen LogP contribution in [0.1, 0.15) is 30.6 Å². The standard InChI is InChI=1S/C24H29ClN4O3/c1-3-28(4-2)14-13-26-23(31)17-5-9-20(10-6-17)27-24(32)18-15-22(30)29(16-18)21-11-7-19(25)8-12-21/h5-12,18H,3-4,13-16H2,1-2H3,(H,26,31)(H,27,32). The number of carbonyl (C=O) groups is 3. The number of carbonyl (C=O) groups excluding carboxylic acids is 3. The van der Waals surface area contributed by atoms with Gasteiger partial charge in [-0.25, -0.2) is 0 Å². The van der Waals surface area contributed by atoms with Crippen molar-refractivity contribution in [1.29, 1.82) is 0 Å². The van der Waals surface area contributed by atoms with E-state index in [0.29, 0.717) is 29.4 Å². The third kappa shape index (κ3) is 6.08. The van der Waals surface area contributed by atoms with Gasteiger partial charge in [-0.2, -0.15) is 0 Å². The van der Waals surface area contributed by atoms with Gasteiger partial charge in [0.1, 0.15) is 0 Å². The third-order valence-electron chi connectivity index (χ3n) is 5.66. The molecule has 0 radical (unpaired) electrons. The first kappa shape index (κ1) is 23.8. The van der Waals surface area contributed by atoms with Crippen molar-refractivity contribution in [3.8, 4) is 0 Å². The van der Waals surface area contributed by atoms with Gasteiger partial charge in [0, 0.05) is 48.0 Å². The maximum absolute atomic E-state index is 12.7. The van der Waals surface area contributed by atoms with Gasteiger partial charge in [-0.15, -0.1) is 0 Å². The van der Waals surface area contributed by atoms with Gasteiger partial charge in [-0.1, -0.05) is 25.4 Å². The lowest BCUT2D eigenvalue weighted by Crippen LogP contribution is -2.34. The first-order chi connectivity index (χ1) is 15.4. The van der Waals surface area contributed by atoms with Gasteiger partial charge in [0.2, 0.25) is 11.8 Å². The second-order valence-corrected chi connectivity index (χ2v) is 8.17. The summed E-state index contributed by atoms with van der Waals surface area (Å²) < 4.78 is 0. The lowest BCUT2D eigenvalue weighted by atomic mass is 10.1. The molecule has 0 spiro atoms. The number of nitrogens with zero attached hydrogens (tertiary/aromatic N) is 2. The predicted molar refractivity (Wildman–Crippen MR) is 127 cm³/mol. The normalized spacial score (nSPS) is 15.8. The zero-order valence-electron chi connectivity index (χ0n) is 18.4. The number of rotatable bonds is 9. The molecular formula is C24H29ClN4O3. The molecule has 1 aliphatic rings. The molecule has 8 heteroatoms. The van der Waals surface area contributed by atoms with E-state index >= 15 is 0 Å². The molecule has 1 aliphatic heterocycles. The summed E-state index contributed by atoms with van der Waals surface area (Å²) in [5.41, 5.74) is 1.85. The number of anilines is 2. The van der Waals surface area contributed by atoms with E-state index in [-0.39, 0.29) is 24.1 Å². The zero-order chi connectivity index (χ0) is 23.1. The predicted octanol–water partition coefficient (Wildman–Crippen LogP) is 3.40. The topological polar surface area (TPSA) is 81.8 Å². The monoisotopic (exact) mass is 456 g/mol. The lowest BCUT2D eigenvalue weighted by molar-refractivity contribution is -0.122. The van der Waals surface area contributed by atoms with Crippen molar-refractivity contribution < 1.29 is 14.4 Å². The van der Waals surface area contributed by atoms with Crippen LogP contribution in [0.15, 0.2) is 48.5 Å². The van der Waals surface area contributed by atoms with Gasteiger partial charge in [0.25, 0.3) is 5.91 Å². The van der Waals surface area contributed by atoms with E-state index in [1.165, 1.54) is 0 Å². The van der Waals surface area contributed by atoms with Gasteiger partial charge in [0.05, 0.1) is 5.92 Å². The Morgan fingerprint density at radius 3 is 2.34 bits per heavy atom. The molecule has 0 saturated carbocycles. The molecule has 2 N–H and O–H groups in total. The molecule has 1 unspecified atom stereocenters. The fourth-order valence-electron chi connectivity index (χ4n) is 3.67. The Kier molecular flexibility index (Phi) is 8.25. The Hall–Kier alpha value is -2.90. The molecule has 1 heterocycles. The largest absolute Gasteiger partial charge is 0.351 e. The Labute approximate surface area is 193 Å². The van der Waals surface area contributed by atoms with Crippen LogP contribution in [-0.2, 0) is 9.59 Å². The lowest BCUT2D eigenvalue weighted by Gasteiger charge is -2.18. The van der Waals surface area contributed by atoms with E-state index in [9.17, 15) is 14.4 Å². The molecule has 170 valence electrons. The number of likely N-dealkylation sites (N-methyl/N-ethyl adjacent to an activating group) is 1. The second-order valence-electron chi connectivity index (χ2n) is 7.73. The van der Waals surface area contributed by atoms with Crippen LogP contribution in [-0.4, -0.2) is 55.3 Å². The fourth-order valence-corrected chi connectivity index (χ4v) is 3.80. The number of nitrogens with one attached hydrogen (secondary N) is 2. The van der Waals surface area contributed by atoms with Gasteiger partial charge in [0.15, 0.2) is 0 Å². The third-order valence-corrected chi connectivity index (χ3v) is 5.91. The fraction of sp³-hybridized carbons (Fsp3) is 0.375. The Morgan fingerprint density at radius 2 is 1.72 bits per heavy atom. The molecule has 0 aromatic heterocycles. The smallest absolute Gasteiger partial charge is 0.251 e. The molecule has 1 saturated heterocycles. The van der Waals surface area contributed by atoms with Crippen LogP contribution in [0.25, 0.3) is 0 Å². The highest BCUT2D eigenvalue weighted by Crippen LogP contribution is 2.27. The van der Waals surface area contributed by atoms with Crippen LogP contribution in [0.2, 0.25) is 5.02 Å². The van der Waals surface area contributed by atoms with E-state index in [0.717, 1.165) is 25.3 Å². The summed E-state index contributed by atoms with van der Waals surface area (Å²) in [7, 11) is 0. The molecular weight excluding hydrogens is 428 g/mol. The first-order valence-corrected chi connectivity index (χ1v) is 11.3. The van der Waals surface area contributed by atoms with Crippen molar-refractivity contribution in [3.05, 3.63) is 59.1 Å². The molecule has 1 fully saturated rings. The molecule has 2 aromatic rings. The Bertz CT molecular complexity index is 943. The van der Waals surface area contributed by atoms with Gasteiger partial charge in [-0.05, 0) is 61.6 Å². The summed E-state index contributed by atoms with van der Waals surface area (Å²) in [4.78, 5) is 41.2. The number of hydrogen-bond acceptors (Lipinski definition) is 4. The van der Waals surface area contributed by atoms with Gasteiger partial charge >= 0.3 is 0 Å². The highest BCUT2D eigenvalue weighted by Gasteiger charge is 2.35. The van der Waals surface area contributed by atoms with Crippen LogP contribution < -0.4 is 15.5 Å². The van der Waals surface area contributed by atoms with E-state index in [1.54, 1.807) is 53.4 Å². The van der Waals surface area contributed by atoms with Crippen molar-refractivity contribution in [2.24, 2.45) is 5.92 Å². The molecule has 7 nitrogen and oxygen atoms in total. The number of benzene rings is 2. The molecule has 32 heavy (non-hydrogen) atoms. The van der Waals surface area contributed by atoms with Crippen LogP contribution >= 0.6 is 11.6 Å². The highest BCUT2D eigenvalue weighted by atomic mass is 35.5. The zero-order valence-corrected chi connectivity index (χ0v) is 19.2. The van der Waals surface area contributed by atoms with E-state index in [2.05, 4.69) is 29.4 Å². The average molecular weight is 457 g/mol. The Morgan fingerprint density at radius 1 is 1.06 bits per heavy atom. The summed E-state index contributed by atoms with van der Waals surface area (Å²) in [5, 5.41) is 6.35. The minimum Gasteiger partial charge on any atom is -0.351 e. The van der Waals surface area contributed by atoms with Crippen molar-refractivity contribution in [2.45, 2.75) is 20.3 Å². The van der Waals surface area contributed by atoms with Crippen molar-refractivity contribution in [3.63, 3.8) is 0 Å². The quantitative estimate of drug-likeness (QED) is 0.606. The first-order valence-electron chi connectivity index (χ1n) is 10.9. The SMILES string of the molecule is CCN(CC)CCNC(=O)c1ccc(NC(=O)C2CC(=O)N(c3ccc(Cl)cc3)C2)cc1. The van der Waals surface area contributed by atoms with E-state index in [1.807, 2.05) is 0 Å². The van der Waals surface area contributed by atoms with E-state index < -0.39 is 5.92 Å². The van der Waals surface area contributed by atoms with Crippen molar-refractivity contribution in [2.75, 3.05) is 42.9 Å².